The van der Waals surface area contributed by atoms with Gasteiger partial charge in [0.25, 0.3) is 0 Å². The molecule has 2 saturated carbocycles. The minimum atomic E-state index is 0.295. The second kappa shape index (κ2) is 4.75. The Labute approximate surface area is 111 Å². The van der Waals surface area contributed by atoms with Gasteiger partial charge < -0.3 is 10.6 Å². The van der Waals surface area contributed by atoms with Crippen molar-refractivity contribution in [2.45, 2.75) is 76.3 Å². The molecule has 1 spiro atoms. The van der Waals surface area contributed by atoms with Crippen molar-refractivity contribution in [3.05, 3.63) is 0 Å². The summed E-state index contributed by atoms with van der Waals surface area (Å²) in [5.41, 5.74) is 6.52. The first-order valence-corrected chi connectivity index (χ1v) is 7.80. The van der Waals surface area contributed by atoms with Gasteiger partial charge in [-0.15, -0.1) is 0 Å². The van der Waals surface area contributed by atoms with Crippen LogP contribution >= 0.6 is 0 Å². The Morgan fingerprint density at radius 3 is 2.67 bits per heavy atom. The van der Waals surface area contributed by atoms with Crippen LogP contribution in [0.3, 0.4) is 0 Å². The van der Waals surface area contributed by atoms with Crippen LogP contribution in [-0.4, -0.2) is 29.0 Å². The molecule has 0 radical (unpaired) electrons. The lowest BCUT2D eigenvalue weighted by Gasteiger charge is -2.43. The fourth-order valence-corrected chi connectivity index (χ4v) is 4.32. The van der Waals surface area contributed by atoms with Crippen LogP contribution in [0.5, 0.6) is 0 Å². The van der Waals surface area contributed by atoms with Crippen LogP contribution < -0.4 is 5.73 Å². The van der Waals surface area contributed by atoms with Crippen molar-refractivity contribution in [2.24, 2.45) is 16.6 Å². The van der Waals surface area contributed by atoms with Gasteiger partial charge >= 0.3 is 0 Å². The number of nitrogens with two attached hydrogens (primary N) is 1. The Bertz CT molecular complexity index is 333. The van der Waals surface area contributed by atoms with Gasteiger partial charge in [0.15, 0.2) is 5.96 Å². The number of nitrogens with zero attached hydrogens (tertiary/aromatic N) is 2. The molecule has 3 nitrogen and oxygen atoms in total. The molecule has 2 fully saturated rings. The van der Waals surface area contributed by atoms with Crippen LogP contribution in [0.1, 0.15) is 64.7 Å². The molecule has 3 aliphatic rings. The van der Waals surface area contributed by atoms with Crippen LogP contribution in [0.15, 0.2) is 4.99 Å². The molecule has 0 aromatic carbocycles. The van der Waals surface area contributed by atoms with Crippen molar-refractivity contribution in [1.29, 1.82) is 0 Å². The average molecular weight is 249 g/mol. The number of guanidine groups is 1. The van der Waals surface area contributed by atoms with Gasteiger partial charge in [0, 0.05) is 6.04 Å². The Hall–Kier alpha value is -0.730. The SMILES string of the molecule is CC1CCCC2(CC1)CN=C(N)N2C1CCCC1. The molecule has 18 heavy (non-hydrogen) atoms. The van der Waals surface area contributed by atoms with E-state index in [1.165, 1.54) is 57.8 Å². The first-order chi connectivity index (χ1) is 8.71. The molecule has 2 atom stereocenters. The highest BCUT2D eigenvalue weighted by molar-refractivity contribution is 5.81. The van der Waals surface area contributed by atoms with Crippen molar-refractivity contribution >= 4 is 5.96 Å². The highest BCUT2D eigenvalue weighted by Gasteiger charge is 2.46. The lowest BCUT2D eigenvalue weighted by molar-refractivity contribution is 0.129. The summed E-state index contributed by atoms with van der Waals surface area (Å²) in [4.78, 5) is 7.18. The van der Waals surface area contributed by atoms with Crippen molar-refractivity contribution in [3.63, 3.8) is 0 Å². The smallest absolute Gasteiger partial charge is 0.192 e. The van der Waals surface area contributed by atoms with E-state index >= 15 is 0 Å². The van der Waals surface area contributed by atoms with Crippen LogP contribution in [0.2, 0.25) is 0 Å². The largest absolute Gasteiger partial charge is 0.370 e. The van der Waals surface area contributed by atoms with E-state index in [9.17, 15) is 0 Å². The zero-order chi connectivity index (χ0) is 12.6. The quantitative estimate of drug-likeness (QED) is 0.776. The van der Waals surface area contributed by atoms with Gasteiger partial charge in [-0.05, 0) is 38.0 Å². The predicted molar refractivity (Wildman–Crippen MR) is 75.6 cm³/mol. The normalized spacial score (nSPS) is 38.2. The van der Waals surface area contributed by atoms with Gasteiger partial charge in [-0.3, -0.25) is 4.99 Å². The first kappa shape index (κ1) is 12.3. The van der Waals surface area contributed by atoms with Crippen molar-refractivity contribution in [3.8, 4) is 0 Å². The molecule has 102 valence electrons. The molecule has 3 heteroatoms. The molecular weight excluding hydrogens is 222 g/mol. The summed E-state index contributed by atoms with van der Waals surface area (Å²) < 4.78 is 0. The molecule has 1 heterocycles. The zero-order valence-electron chi connectivity index (χ0n) is 11.7. The van der Waals surface area contributed by atoms with Gasteiger partial charge in [0.2, 0.25) is 0 Å². The van der Waals surface area contributed by atoms with Gasteiger partial charge in [-0.1, -0.05) is 32.6 Å². The van der Waals surface area contributed by atoms with E-state index in [-0.39, 0.29) is 0 Å². The van der Waals surface area contributed by atoms with Crippen LogP contribution in [0.4, 0.5) is 0 Å². The van der Waals surface area contributed by atoms with E-state index < -0.39 is 0 Å². The molecular formula is C15H27N3. The third-order valence-electron chi connectivity index (χ3n) is 5.42. The van der Waals surface area contributed by atoms with Crippen LogP contribution in [0.25, 0.3) is 0 Å². The summed E-state index contributed by atoms with van der Waals surface area (Å²) >= 11 is 0. The summed E-state index contributed by atoms with van der Waals surface area (Å²) in [5, 5.41) is 0. The molecule has 2 aliphatic carbocycles. The number of hydrogen-bond acceptors (Lipinski definition) is 3. The molecule has 3 rings (SSSR count). The van der Waals surface area contributed by atoms with Gasteiger partial charge in [0.05, 0.1) is 12.1 Å². The Morgan fingerprint density at radius 1 is 1.11 bits per heavy atom. The second-order valence-corrected chi connectivity index (χ2v) is 6.74. The third-order valence-corrected chi connectivity index (χ3v) is 5.42. The van der Waals surface area contributed by atoms with E-state index in [4.69, 9.17) is 5.73 Å². The molecule has 0 amide bonds. The van der Waals surface area contributed by atoms with Gasteiger partial charge in [-0.25, -0.2) is 0 Å². The monoisotopic (exact) mass is 249 g/mol. The topological polar surface area (TPSA) is 41.6 Å². The Balaban J connectivity index is 1.81. The standard InChI is InChI=1S/C15H27N3/c1-12-5-4-9-15(10-8-12)11-17-14(16)18(15)13-6-2-3-7-13/h12-13H,2-11H2,1H3,(H2,16,17). The highest BCUT2D eigenvalue weighted by atomic mass is 15.4. The fourth-order valence-electron chi connectivity index (χ4n) is 4.32. The summed E-state index contributed by atoms with van der Waals surface area (Å²) in [6.07, 6.45) is 12.1. The van der Waals surface area contributed by atoms with E-state index in [1.807, 2.05) is 0 Å². The molecule has 2 N–H and O–H groups in total. The average Bonchev–Trinajstić information content (AvgIpc) is 2.91. The van der Waals surface area contributed by atoms with E-state index in [2.05, 4.69) is 16.8 Å². The van der Waals surface area contributed by atoms with Crippen molar-refractivity contribution in [2.75, 3.05) is 6.54 Å². The van der Waals surface area contributed by atoms with E-state index in [0.29, 0.717) is 11.6 Å². The number of hydrogen-bond donors (Lipinski definition) is 1. The van der Waals surface area contributed by atoms with Crippen LogP contribution in [-0.2, 0) is 0 Å². The molecule has 0 saturated heterocycles. The fraction of sp³-hybridized carbons (Fsp3) is 0.933. The van der Waals surface area contributed by atoms with Gasteiger partial charge in [-0.2, -0.15) is 0 Å². The molecule has 1 aliphatic heterocycles. The summed E-state index contributed by atoms with van der Waals surface area (Å²) in [7, 11) is 0. The Morgan fingerprint density at radius 2 is 1.89 bits per heavy atom. The van der Waals surface area contributed by atoms with E-state index in [0.717, 1.165) is 18.4 Å². The first-order valence-electron chi connectivity index (χ1n) is 7.80. The van der Waals surface area contributed by atoms with Crippen molar-refractivity contribution < 1.29 is 0 Å². The highest BCUT2D eigenvalue weighted by Crippen LogP contribution is 2.41. The minimum absolute atomic E-state index is 0.295. The third kappa shape index (κ3) is 2.02. The van der Waals surface area contributed by atoms with Crippen LogP contribution in [0, 0.1) is 5.92 Å². The molecule has 0 bridgehead atoms. The maximum absolute atomic E-state index is 6.23. The maximum atomic E-state index is 6.23. The Kier molecular flexibility index (Phi) is 3.25. The minimum Gasteiger partial charge on any atom is -0.370 e. The second-order valence-electron chi connectivity index (χ2n) is 6.74. The lowest BCUT2D eigenvalue weighted by atomic mass is 9.87. The van der Waals surface area contributed by atoms with Gasteiger partial charge in [0.1, 0.15) is 0 Å². The summed E-state index contributed by atoms with van der Waals surface area (Å²) in [6, 6.07) is 0.685. The molecule has 0 aromatic heterocycles. The lowest BCUT2D eigenvalue weighted by Crippen LogP contribution is -2.55. The summed E-state index contributed by atoms with van der Waals surface area (Å²) in [6.45, 7) is 3.36. The molecule has 2 unspecified atom stereocenters. The van der Waals surface area contributed by atoms with E-state index in [1.54, 1.807) is 0 Å². The number of rotatable bonds is 1. The van der Waals surface area contributed by atoms with Crippen molar-refractivity contribution in [1.82, 2.24) is 4.90 Å². The molecule has 0 aromatic rings. The summed E-state index contributed by atoms with van der Waals surface area (Å²) in [5.74, 6) is 1.73. The number of aliphatic imine (C=N–C) groups is 1. The maximum Gasteiger partial charge on any atom is 0.192 e. The zero-order valence-corrected chi connectivity index (χ0v) is 11.7. The predicted octanol–water partition coefficient (Wildman–Crippen LogP) is 2.90.